The van der Waals surface area contributed by atoms with E-state index in [2.05, 4.69) is 0 Å². The highest BCUT2D eigenvalue weighted by Crippen LogP contribution is 2.16. The van der Waals surface area contributed by atoms with Gasteiger partial charge in [0.25, 0.3) is 0 Å². The molecule has 0 saturated heterocycles. The van der Waals surface area contributed by atoms with Crippen LogP contribution in [0.2, 0.25) is 0 Å². The van der Waals surface area contributed by atoms with Crippen LogP contribution in [0.4, 0.5) is 0 Å². The first-order valence-corrected chi connectivity index (χ1v) is 5.69. The van der Waals surface area contributed by atoms with Gasteiger partial charge in [-0.3, -0.25) is 0 Å². The monoisotopic (exact) mass is 235 g/mol. The predicted molar refractivity (Wildman–Crippen MR) is 63.8 cm³/mol. The Morgan fingerprint density at radius 2 is 2.25 bits per heavy atom. The summed E-state index contributed by atoms with van der Waals surface area (Å²) in [6.45, 7) is 5.31. The molecule has 0 fully saturated rings. The van der Waals surface area contributed by atoms with E-state index in [0.717, 1.165) is 4.88 Å². The third-order valence-electron chi connectivity index (χ3n) is 1.57. The molecule has 4 heteroatoms. The van der Waals surface area contributed by atoms with Crippen LogP contribution in [0.1, 0.15) is 25.6 Å². The standard InChI is InChI=1S/C12H13NO2S/c1-12(2,3)15-11(14)9(8-13)7-10-5-4-6-16-10/h4-7H,1-3H3/b9-7+. The summed E-state index contributed by atoms with van der Waals surface area (Å²) < 4.78 is 5.11. The quantitative estimate of drug-likeness (QED) is 0.450. The summed E-state index contributed by atoms with van der Waals surface area (Å²) in [7, 11) is 0. The van der Waals surface area contributed by atoms with Gasteiger partial charge in [-0.1, -0.05) is 6.07 Å². The highest BCUT2D eigenvalue weighted by Gasteiger charge is 2.19. The molecule has 0 radical (unpaired) electrons. The molecule has 0 spiro atoms. The molecule has 0 bridgehead atoms. The van der Waals surface area contributed by atoms with Crippen LogP contribution in [0.15, 0.2) is 23.1 Å². The number of hydrogen-bond acceptors (Lipinski definition) is 4. The number of thiophene rings is 1. The van der Waals surface area contributed by atoms with Crippen molar-refractivity contribution in [2.45, 2.75) is 26.4 Å². The number of nitrogens with zero attached hydrogens (tertiary/aromatic N) is 1. The molecule has 84 valence electrons. The van der Waals surface area contributed by atoms with Gasteiger partial charge >= 0.3 is 5.97 Å². The first kappa shape index (κ1) is 12.5. The minimum atomic E-state index is -0.581. The highest BCUT2D eigenvalue weighted by molar-refractivity contribution is 7.10. The van der Waals surface area contributed by atoms with Gasteiger partial charge < -0.3 is 4.74 Å². The lowest BCUT2D eigenvalue weighted by atomic mass is 10.2. The molecular weight excluding hydrogens is 222 g/mol. The summed E-state index contributed by atoms with van der Waals surface area (Å²) in [5, 5.41) is 10.8. The molecule has 0 atom stereocenters. The smallest absolute Gasteiger partial charge is 0.349 e. The van der Waals surface area contributed by atoms with E-state index in [1.54, 1.807) is 26.8 Å². The maximum Gasteiger partial charge on any atom is 0.349 e. The van der Waals surface area contributed by atoms with Crippen molar-refractivity contribution in [2.24, 2.45) is 0 Å². The molecule has 1 aromatic rings. The van der Waals surface area contributed by atoms with Crippen molar-refractivity contribution in [3.05, 3.63) is 28.0 Å². The van der Waals surface area contributed by atoms with Crippen LogP contribution in [0.25, 0.3) is 6.08 Å². The van der Waals surface area contributed by atoms with Gasteiger partial charge in [-0.05, 0) is 38.3 Å². The normalized spacial score (nSPS) is 12.0. The van der Waals surface area contributed by atoms with E-state index < -0.39 is 11.6 Å². The first-order chi connectivity index (χ1) is 7.42. The Hall–Kier alpha value is -1.60. The molecule has 1 rings (SSSR count). The molecule has 1 heterocycles. The van der Waals surface area contributed by atoms with Crippen molar-refractivity contribution in [1.82, 2.24) is 0 Å². The second-order valence-corrected chi connectivity index (χ2v) is 5.17. The molecule has 0 aliphatic carbocycles. The molecule has 0 saturated carbocycles. The minimum absolute atomic E-state index is 0.0253. The van der Waals surface area contributed by atoms with Gasteiger partial charge in [-0.2, -0.15) is 5.26 Å². The van der Waals surface area contributed by atoms with Crippen molar-refractivity contribution >= 4 is 23.4 Å². The predicted octanol–water partition coefficient (Wildman–Crippen LogP) is 3.00. The molecule has 0 unspecified atom stereocenters. The second-order valence-electron chi connectivity index (χ2n) is 4.19. The average molecular weight is 235 g/mol. The third-order valence-corrected chi connectivity index (χ3v) is 2.39. The van der Waals surface area contributed by atoms with E-state index in [1.807, 2.05) is 23.6 Å². The number of carbonyl (C=O) groups excluding carboxylic acids is 1. The van der Waals surface area contributed by atoms with Gasteiger partial charge in [0.05, 0.1) is 0 Å². The van der Waals surface area contributed by atoms with Crippen LogP contribution in [0.5, 0.6) is 0 Å². The number of hydrogen-bond donors (Lipinski definition) is 0. The van der Waals surface area contributed by atoms with Crippen LogP contribution >= 0.6 is 11.3 Å². The fourth-order valence-corrected chi connectivity index (χ4v) is 1.64. The SMILES string of the molecule is CC(C)(C)OC(=O)/C(C#N)=C/c1cccs1. The van der Waals surface area contributed by atoms with Gasteiger partial charge in [-0.15, -0.1) is 11.3 Å². The molecule has 0 amide bonds. The Kier molecular flexibility index (Phi) is 3.86. The van der Waals surface area contributed by atoms with E-state index in [0.29, 0.717) is 0 Å². The summed E-state index contributed by atoms with van der Waals surface area (Å²) >= 11 is 1.47. The van der Waals surface area contributed by atoms with Gasteiger partial charge in [0.1, 0.15) is 17.2 Å². The Morgan fingerprint density at radius 3 is 2.69 bits per heavy atom. The summed E-state index contributed by atoms with van der Waals surface area (Å²) in [4.78, 5) is 12.5. The zero-order valence-electron chi connectivity index (χ0n) is 9.48. The van der Waals surface area contributed by atoms with Gasteiger partial charge in [0.2, 0.25) is 0 Å². The molecule has 0 N–H and O–H groups in total. The largest absolute Gasteiger partial charge is 0.456 e. The van der Waals surface area contributed by atoms with E-state index in [-0.39, 0.29) is 5.57 Å². The highest BCUT2D eigenvalue weighted by atomic mass is 32.1. The van der Waals surface area contributed by atoms with E-state index in [4.69, 9.17) is 10.00 Å². The van der Waals surface area contributed by atoms with Crippen LogP contribution in [0.3, 0.4) is 0 Å². The number of rotatable bonds is 2. The van der Waals surface area contributed by atoms with Gasteiger partial charge in [0, 0.05) is 4.88 Å². The number of nitriles is 1. The number of esters is 1. The minimum Gasteiger partial charge on any atom is -0.456 e. The lowest BCUT2D eigenvalue weighted by Gasteiger charge is -2.18. The maximum absolute atomic E-state index is 11.6. The zero-order valence-corrected chi connectivity index (χ0v) is 10.3. The summed E-state index contributed by atoms with van der Waals surface area (Å²) in [6.07, 6.45) is 1.54. The fraction of sp³-hybridized carbons (Fsp3) is 0.333. The lowest BCUT2D eigenvalue weighted by molar-refractivity contribution is -0.149. The molecule has 0 aromatic carbocycles. The Morgan fingerprint density at radius 1 is 1.56 bits per heavy atom. The molecule has 16 heavy (non-hydrogen) atoms. The fourth-order valence-electron chi connectivity index (χ4n) is 0.986. The van der Waals surface area contributed by atoms with Crippen molar-refractivity contribution in [1.29, 1.82) is 5.26 Å². The molecule has 3 nitrogen and oxygen atoms in total. The lowest BCUT2D eigenvalue weighted by Crippen LogP contribution is -2.24. The van der Waals surface area contributed by atoms with E-state index in [9.17, 15) is 4.79 Å². The molecular formula is C12H13NO2S. The molecule has 0 aliphatic heterocycles. The van der Waals surface area contributed by atoms with Crippen molar-refractivity contribution in [2.75, 3.05) is 0 Å². The van der Waals surface area contributed by atoms with Gasteiger partial charge in [-0.25, -0.2) is 4.79 Å². The zero-order chi connectivity index (χ0) is 12.2. The first-order valence-electron chi connectivity index (χ1n) is 4.81. The Bertz CT molecular complexity index is 433. The number of carbonyl (C=O) groups is 1. The Balaban J connectivity index is 2.85. The Labute approximate surface area is 99.0 Å². The van der Waals surface area contributed by atoms with Crippen LogP contribution in [0, 0.1) is 11.3 Å². The van der Waals surface area contributed by atoms with E-state index in [1.165, 1.54) is 11.3 Å². The molecule has 1 aromatic heterocycles. The van der Waals surface area contributed by atoms with E-state index >= 15 is 0 Å². The number of ether oxygens (including phenoxy) is 1. The second kappa shape index (κ2) is 4.95. The van der Waals surface area contributed by atoms with Crippen molar-refractivity contribution < 1.29 is 9.53 Å². The van der Waals surface area contributed by atoms with Crippen LogP contribution < -0.4 is 0 Å². The van der Waals surface area contributed by atoms with Crippen molar-refractivity contribution in [3.63, 3.8) is 0 Å². The van der Waals surface area contributed by atoms with Gasteiger partial charge in [0.15, 0.2) is 0 Å². The average Bonchev–Trinajstić information content (AvgIpc) is 2.63. The summed E-state index contributed by atoms with van der Waals surface area (Å²) in [5.74, 6) is -0.580. The topological polar surface area (TPSA) is 50.1 Å². The molecule has 0 aliphatic rings. The third kappa shape index (κ3) is 3.87. The maximum atomic E-state index is 11.6. The summed E-state index contributed by atoms with van der Waals surface area (Å²) in [6, 6.07) is 5.56. The van der Waals surface area contributed by atoms with Crippen molar-refractivity contribution in [3.8, 4) is 6.07 Å². The van der Waals surface area contributed by atoms with Crippen LogP contribution in [-0.2, 0) is 9.53 Å². The van der Waals surface area contributed by atoms with Crippen LogP contribution in [-0.4, -0.2) is 11.6 Å². The summed E-state index contributed by atoms with van der Waals surface area (Å²) in [5.41, 5.74) is -0.556.